The molecule has 2 amide bonds. The lowest BCUT2D eigenvalue weighted by Crippen LogP contribution is -2.53. The Morgan fingerprint density at radius 1 is 1.35 bits per heavy atom. The molecule has 1 heterocycles. The van der Waals surface area contributed by atoms with Crippen molar-refractivity contribution in [2.45, 2.75) is 38.5 Å². The lowest BCUT2D eigenvalue weighted by atomic mass is 10.0. The third kappa shape index (κ3) is 3.60. The Balaban J connectivity index is 2.88. The monoisotopic (exact) mass is 288 g/mol. The van der Waals surface area contributed by atoms with Crippen molar-refractivity contribution in [1.82, 2.24) is 10.2 Å². The number of rotatable bonds is 4. The Kier molecular flexibility index (Phi) is 5.32. The number of methoxy groups -OCH3 is 1. The number of aliphatic carboxylic acids is 1. The maximum absolute atomic E-state index is 12.4. The predicted octanol–water partition coefficient (Wildman–Crippen LogP) is -0.587. The first-order valence-corrected chi connectivity index (χ1v) is 6.33. The molecule has 0 aromatic carbocycles. The largest absolute Gasteiger partial charge is 0.480 e. The van der Waals surface area contributed by atoms with Crippen molar-refractivity contribution < 1.29 is 29.3 Å². The predicted molar refractivity (Wildman–Crippen MR) is 67.9 cm³/mol. The van der Waals surface area contributed by atoms with Gasteiger partial charge in [0.1, 0.15) is 12.1 Å². The van der Waals surface area contributed by atoms with E-state index in [1.807, 2.05) is 0 Å². The fourth-order valence-corrected chi connectivity index (χ4v) is 2.17. The topological polar surface area (TPSA) is 116 Å². The highest BCUT2D eigenvalue weighted by Gasteiger charge is 2.42. The molecule has 0 aromatic heterocycles. The molecule has 1 aliphatic heterocycles. The number of amides is 2. The zero-order valence-electron chi connectivity index (χ0n) is 11.7. The fraction of sp³-hybridized carbons (Fsp3) is 0.750. The Labute approximate surface area is 116 Å². The second-order valence-electron chi connectivity index (χ2n) is 5.09. The lowest BCUT2D eigenvalue weighted by Gasteiger charge is -2.28. The highest BCUT2D eigenvalue weighted by atomic mass is 16.5. The van der Waals surface area contributed by atoms with E-state index >= 15 is 0 Å². The minimum absolute atomic E-state index is 0.00981. The first kappa shape index (κ1) is 16.2. The van der Waals surface area contributed by atoms with Gasteiger partial charge >= 0.3 is 12.1 Å². The maximum Gasteiger partial charge on any atom is 0.407 e. The highest BCUT2D eigenvalue weighted by Crippen LogP contribution is 2.20. The van der Waals surface area contributed by atoms with Gasteiger partial charge in [0.05, 0.1) is 13.2 Å². The van der Waals surface area contributed by atoms with Gasteiger partial charge in [-0.15, -0.1) is 0 Å². The van der Waals surface area contributed by atoms with E-state index in [9.17, 15) is 19.5 Å². The number of nitrogens with zero attached hydrogens (tertiary/aromatic N) is 1. The van der Waals surface area contributed by atoms with Crippen LogP contribution in [0.5, 0.6) is 0 Å². The van der Waals surface area contributed by atoms with Crippen molar-refractivity contribution in [2.24, 2.45) is 5.92 Å². The van der Waals surface area contributed by atoms with Gasteiger partial charge in [-0.25, -0.2) is 9.59 Å². The molecule has 0 saturated carbocycles. The molecule has 0 spiro atoms. The van der Waals surface area contributed by atoms with Crippen LogP contribution >= 0.6 is 0 Å². The molecule has 3 N–H and O–H groups in total. The molecular formula is C12H20N2O6. The molecule has 1 fully saturated rings. The molecule has 0 aliphatic carbocycles. The summed E-state index contributed by atoms with van der Waals surface area (Å²) >= 11 is 0. The lowest BCUT2D eigenvalue weighted by molar-refractivity contribution is -0.149. The summed E-state index contributed by atoms with van der Waals surface area (Å²) < 4.78 is 4.45. The van der Waals surface area contributed by atoms with Crippen LogP contribution < -0.4 is 5.32 Å². The van der Waals surface area contributed by atoms with Crippen molar-refractivity contribution in [3.8, 4) is 0 Å². The normalized spacial score (nSPS) is 23.6. The minimum atomic E-state index is -1.17. The van der Waals surface area contributed by atoms with E-state index in [1.165, 1.54) is 7.11 Å². The van der Waals surface area contributed by atoms with Gasteiger partial charge in [-0.05, 0) is 5.92 Å². The zero-order valence-corrected chi connectivity index (χ0v) is 11.7. The number of hydrogen-bond donors (Lipinski definition) is 3. The Bertz CT molecular complexity index is 397. The van der Waals surface area contributed by atoms with Gasteiger partial charge in [-0.3, -0.25) is 4.79 Å². The Morgan fingerprint density at radius 3 is 2.40 bits per heavy atom. The second-order valence-corrected chi connectivity index (χ2v) is 5.09. The third-order valence-electron chi connectivity index (χ3n) is 3.24. The van der Waals surface area contributed by atoms with Crippen LogP contribution in [0.1, 0.15) is 20.3 Å². The molecule has 1 rings (SSSR count). The van der Waals surface area contributed by atoms with Crippen molar-refractivity contribution in [3.05, 3.63) is 0 Å². The van der Waals surface area contributed by atoms with Crippen LogP contribution in [0.3, 0.4) is 0 Å². The maximum atomic E-state index is 12.4. The van der Waals surface area contributed by atoms with Gasteiger partial charge in [-0.2, -0.15) is 0 Å². The number of ether oxygens (including phenoxy) is 1. The number of likely N-dealkylation sites (tertiary alicyclic amines) is 1. The third-order valence-corrected chi connectivity index (χ3v) is 3.24. The van der Waals surface area contributed by atoms with Crippen LogP contribution in [0.4, 0.5) is 4.79 Å². The molecule has 0 radical (unpaired) electrons. The zero-order chi connectivity index (χ0) is 15.4. The molecule has 20 heavy (non-hydrogen) atoms. The van der Waals surface area contributed by atoms with E-state index in [4.69, 9.17) is 5.11 Å². The summed E-state index contributed by atoms with van der Waals surface area (Å²) in [5.74, 6) is -1.95. The fourth-order valence-electron chi connectivity index (χ4n) is 2.17. The number of aliphatic hydroxyl groups excluding tert-OH is 1. The smallest absolute Gasteiger partial charge is 0.407 e. The van der Waals surface area contributed by atoms with E-state index < -0.39 is 36.2 Å². The molecule has 8 nitrogen and oxygen atoms in total. The van der Waals surface area contributed by atoms with E-state index in [0.29, 0.717) is 0 Å². The van der Waals surface area contributed by atoms with Gasteiger partial charge in [0.15, 0.2) is 0 Å². The van der Waals surface area contributed by atoms with Crippen LogP contribution in [0.25, 0.3) is 0 Å². The summed E-state index contributed by atoms with van der Waals surface area (Å²) in [6.45, 7) is 3.39. The molecule has 0 bridgehead atoms. The van der Waals surface area contributed by atoms with Gasteiger partial charge in [0.25, 0.3) is 0 Å². The number of aliphatic hydroxyl groups is 1. The molecule has 1 saturated heterocycles. The number of carbonyl (C=O) groups excluding carboxylic acids is 2. The number of carboxylic acid groups (broad SMARTS) is 1. The number of hydrogen-bond acceptors (Lipinski definition) is 5. The summed E-state index contributed by atoms with van der Waals surface area (Å²) in [7, 11) is 1.18. The highest BCUT2D eigenvalue weighted by molar-refractivity contribution is 5.90. The van der Waals surface area contributed by atoms with Crippen molar-refractivity contribution in [1.29, 1.82) is 0 Å². The van der Waals surface area contributed by atoms with Crippen LogP contribution in [0, 0.1) is 5.92 Å². The van der Waals surface area contributed by atoms with E-state index in [2.05, 4.69) is 10.1 Å². The number of nitrogens with one attached hydrogen (secondary N) is 1. The number of alkyl carbamates (subject to hydrolysis) is 1. The van der Waals surface area contributed by atoms with Crippen LogP contribution in [-0.4, -0.2) is 64.9 Å². The van der Waals surface area contributed by atoms with E-state index in [-0.39, 0.29) is 18.9 Å². The average Bonchev–Trinajstić information content (AvgIpc) is 2.76. The van der Waals surface area contributed by atoms with Crippen molar-refractivity contribution >= 4 is 18.0 Å². The van der Waals surface area contributed by atoms with Crippen LogP contribution in [0.15, 0.2) is 0 Å². The second kappa shape index (κ2) is 6.56. The molecule has 8 heteroatoms. The molecule has 114 valence electrons. The Hall–Kier alpha value is -1.83. The average molecular weight is 288 g/mol. The molecule has 1 unspecified atom stereocenters. The van der Waals surface area contributed by atoms with Crippen molar-refractivity contribution in [2.75, 3.05) is 13.7 Å². The quantitative estimate of drug-likeness (QED) is 0.637. The van der Waals surface area contributed by atoms with Gasteiger partial charge in [-0.1, -0.05) is 13.8 Å². The van der Waals surface area contributed by atoms with Gasteiger partial charge in [0, 0.05) is 13.0 Å². The summed E-state index contributed by atoms with van der Waals surface area (Å²) in [4.78, 5) is 35.8. The summed E-state index contributed by atoms with van der Waals surface area (Å²) in [5.41, 5.74) is 0. The van der Waals surface area contributed by atoms with Crippen LogP contribution in [0.2, 0.25) is 0 Å². The Morgan fingerprint density at radius 2 is 1.95 bits per heavy atom. The molecule has 0 aromatic rings. The molecular weight excluding hydrogens is 268 g/mol. The number of β-amino-alcohol motifs (C(OH)–C–C–N with tert-alkyl or cyclic N) is 1. The standard InChI is InChI=1S/C12H20N2O6/c1-6(2)9(13-12(19)20-3)10(16)14-5-7(15)4-8(14)11(17)18/h6-9,15H,4-5H2,1-3H3,(H,13,19)(H,17,18)/t7-,8+,9?/m1/s1. The van der Waals surface area contributed by atoms with Gasteiger partial charge < -0.3 is 25.2 Å². The summed E-state index contributed by atoms with van der Waals surface area (Å²) in [6.07, 6.45) is -1.64. The van der Waals surface area contributed by atoms with Crippen LogP contribution in [-0.2, 0) is 14.3 Å². The first-order chi connectivity index (χ1) is 9.27. The number of carboxylic acids is 1. The van der Waals surface area contributed by atoms with E-state index in [0.717, 1.165) is 4.90 Å². The SMILES string of the molecule is COC(=O)NC(C(=O)N1C[C@H](O)C[C@H]1C(=O)O)C(C)C. The number of carbonyl (C=O) groups is 3. The first-order valence-electron chi connectivity index (χ1n) is 6.33. The summed E-state index contributed by atoms with van der Waals surface area (Å²) in [6, 6.07) is -1.97. The van der Waals surface area contributed by atoms with E-state index in [1.54, 1.807) is 13.8 Å². The summed E-state index contributed by atoms with van der Waals surface area (Å²) in [5, 5.41) is 21.0. The molecule has 1 aliphatic rings. The minimum Gasteiger partial charge on any atom is -0.480 e. The molecule has 3 atom stereocenters. The van der Waals surface area contributed by atoms with Crippen molar-refractivity contribution in [3.63, 3.8) is 0 Å². The van der Waals surface area contributed by atoms with Gasteiger partial charge in [0.2, 0.25) is 5.91 Å².